The standard InChI is InChI=1S/C43H51F2N5O7S/c1-28(47-42(56)57-25-31-15-10-7-11-16-31)40(53)46-19-12-20-50(38(52)27-58-26-36(41(54)55)48-29(2)51)39(43(3,4)5)37-21-32(34-22-33(44)17-18-35(34)45)24-49(37)23-30-13-8-6-9-14-30/h6-11,13-18,21-22,24,28,36,39H,12,19-20,23,25-27H2,1-5H3,(H,46,53)(H,47,56)(H,48,51)(H,54,55)/t28-,36-,39-/m0/s1. The van der Waals surface area contributed by atoms with Crippen molar-refractivity contribution in [2.75, 3.05) is 24.6 Å². The molecular weight excluding hydrogens is 769 g/mol. The lowest BCUT2D eigenvalue weighted by Crippen LogP contribution is -2.47. The highest BCUT2D eigenvalue weighted by Gasteiger charge is 2.37. The summed E-state index contributed by atoms with van der Waals surface area (Å²) < 4.78 is 36.8. The smallest absolute Gasteiger partial charge is 0.408 e. The molecule has 4 rings (SSSR count). The lowest BCUT2D eigenvalue weighted by Gasteiger charge is -2.41. The number of nitrogens with one attached hydrogen (secondary N) is 3. The van der Waals surface area contributed by atoms with Gasteiger partial charge in [-0.3, -0.25) is 14.4 Å². The maximum absolute atomic E-state index is 15.2. The third-order valence-corrected chi connectivity index (χ3v) is 10.1. The predicted molar refractivity (Wildman–Crippen MR) is 219 cm³/mol. The number of carboxylic acid groups (broad SMARTS) is 1. The summed E-state index contributed by atoms with van der Waals surface area (Å²) in [5.74, 6) is -4.00. The molecule has 310 valence electrons. The highest BCUT2D eigenvalue weighted by atomic mass is 32.2. The van der Waals surface area contributed by atoms with Gasteiger partial charge in [0.05, 0.1) is 11.8 Å². The molecule has 0 aliphatic carbocycles. The molecule has 0 aliphatic rings. The van der Waals surface area contributed by atoms with Crippen LogP contribution in [0.2, 0.25) is 0 Å². The minimum Gasteiger partial charge on any atom is -0.480 e. The first-order chi connectivity index (χ1) is 27.5. The maximum Gasteiger partial charge on any atom is 0.408 e. The average molecular weight is 820 g/mol. The molecule has 0 unspecified atom stereocenters. The van der Waals surface area contributed by atoms with Gasteiger partial charge in [-0.2, -0.15) is 0 Å². The zero-order valence-corrected chi connectivity index (χ0v) is 34.1. The second-order valence-electron chi connectivity index (χ2n) is 14.9. The molecule has 4 aromatic rings. The monoisotopic (exact) mass is 819 g/mol. The summed E-state index contributed by atoms with van der Waals surface area (Å²) in [6, 6.07) is 20.9. The number of nitrogens with zero attached hydrogens (tertiary/aromatic N) is 2. The summed E-state index contributed by atoms with van der Waals surface area (Å²) in [6.07, 6.45) is 1.27. The van der Waals surface area contributed by atoms with Gasteiger partial charge in [0.1, 0.15) is 30.3 Å². The molecule has 58 heavy (non-hydrogen) atoms. The molecule has 0 fully saturated rings. The summed E-state index contributed by atoms with van der Waals surface area (Å²) in [5.41, 5.74) is 2.19. The predicted octanol–water partition coefficient (Wildman–Crippen LogP) is 6.54. The van der Waals surface area contributed by atoms with Gasteiger partial charge in [-0.25, -0.2) is 18.4 Å². The maximum atomic E-state index is 15.2. The molecule has 0 aliphatic heterocycles. The molecule has 0 bridgehead atoms. The lowest BCUT2D eigenvalue weighted by molar-refractivity contribution is -0.140. The summed E-state index contributed by atoms with van der Waals surface area (Å²) in [4.78, 5) is 64.8. The van der Waals surface area contributed by atoms with Crippen LogP contribution in [0, 0.1) is 17.0 Å². The van der Waals surface area contributed by atoms with Crippen molar-refractivity contribution in [3.8, 4) is 11.1 Å². The average Bonchev–Trinajstić information content (AvgIpc) is 3.57. The summed E-state index contributed by atoms with van der Waals surface area (Å²) in [6.45, 7) is 9.25. The van der Waals surface area contributed by atoms with Crippen LogP contribution in [0.1, 0.15) is 63.9 Å². The number of amides is 4. The molecular formula is C43H51F2N5O7S. The molecule has 0 saturated heterocycles. The zero-order chi connectivity index (χ0) is 42.4. The number of rotatable bonds is 19. The number of alkyl carbamates (subject to hydrolysis) is 1. The topological polar surface area (TPSA) is 159 Å². The Hall–Kier alpha value is -5.70. The van der Waals surface area contributed by atoms with E-state index in [1.807, 2.05) is 86.0 Å². The van der Waals surface area contributed by atoms with Crippen LogP contribution in [0.4, 0.5) is 13.6 Å². The number of hydrogen-bond acceptors (Lipinski definition) is 7. The van der Waals surface area contributed by atoms with Crippen molar-refractivity contribution in [2.24, 2.45) is 5.41 Å². The number of carbonyl (C=O) groups is 5. The number of aromatic nitrogens is 1. The van der Waals surface area contributed by atoms with Crippen LogP contribution < -0.4 is 16.0 Å². The fraction of sp³-hybridized carbons (Fsp3) is 0.372. The number of carbonyl (C=O) groups excluding carboxylic acids is 4. The van der Waals surface area contributed by atoms with Gasteiger partial charge in [0, 0.05) is 55.3 Å². The van der Waals surface area contributed by atoms with Crippen molar-refractivity contribution in [1.82, 2.24) is 25.4 Å². The van der Waals surface area contributed by atoms with Crippen LogP contribution >= 0.6 is 11.8 Å². The molecule has 1 aromatic heterocycles. The number of benzene rings is 3. The van der Waals surface area contributed by atoms with Gasteiger partial charge in [-0.15, -0.1) is 11.8 Å². The quantitative estimate of drug-likeness (QED) is 0.0777. The Bertz CT molecular complexity index is 2020. The zero-order valence-electron chi connectivity index (χ0n) is 33.3. The number of carboxylic acids is 1. The van der Waals surface area contributed by atoms with Crippen LogP contribution in [0.3, 0.4) is 0 Å². The van der Waals surface area contributed by atoms with Crippen molar-refractivity contribution >= 4 is 41.5 Å². The minimum absolute atomic E-state index is 0.0374. The van der Waals surface area contributed by atoms with Crippen molar-refractivity contribution in [1.29, 1.82) is 0 Å². The van der Waals surface area contributed by atoms with Crippen LogP contribution in [0.25, 0.3) is 11.1 Å². The van der Waals surface area contributed by atoms with Gasteiger partial charge in [-0.1, -0.05) is 81.4 Å². The van der Waals surface area contributed by atoms with Crippen molar-refractivity contribution in [3.05, 3.63) is 120 Å². The Morgan fingerprint density at radius 2 is 1.57 bits per heavy atom. The summed E-state index contributed by atoms with van der Waals surface area (Å²) in [7, 11) is 0. The third-order valence-electron chi connectivity index (χ3n) is 9.10. The Balaban J connectivity index is 1.60. The van der Waals surface area contributed by atoms with Gasteiger partial charge < -0.3 is 35.3 Å². The highest BCUT2D eigenvalue weighted by Crippen LogP contribution is 2.41. The van der Waals surface area contributed by atoms with E-state index in [4.69, 9.17) is 4.74 Å². The first-order valence-corrected chi connectivity index (χ1v) is 20.0. The lowest BCUT2D eigenvalue weighted by atomic mass is 9.83. The SMILES string of the molecule is CC(=O)N[C@@H](CSCC(=O)N(CCCNC(=O)[C@H](C)NC(=O)OCc1ccccc1)[C@@H](c1cc(-c2cc(F)ccc2F)cn1Cc1ccccc1)C(C)(C)C)C(=O)O. The van der Waals surface area contributed by atoms with E-state index in [1.165, 1.54) is 13.8 Å². The number of aliphatic carboxylic acids is 1. The fourth-order valence-electron chi connectivity index (χ4n) is 6.40. The molecule has 4 N–H and O–H groups in total. The molecule has 4 amide bonds. The molecule has 12 nitrogen and oxygen atoms in total. The number of halogens is 2. The van der Waals surface area contributed by atoms with E-state index in [2.05, 4.69) is 16.0 Å². The van der Waals surface area contributed by atoms with E-state index >= 15 is 4.39 Å². The summed E-state index contributed by atoms with van der Waals surface area (Å²) >= 11 is 1.05. The molecule has 0 radical (unpaired) electrons. The van der Waals surface area contributed by atoms with Gasteiger partial charge in [0.15, 0.2) is 0 Å². The third kappa shape index (κ3) is 13.5. The Labute approximate surface area is 341 Å². The van der Waals surface area contributed by atoms with E-state index < -0.39 is 59.1 Å². The number of ether oxygens (including phenoxy) is 1. The normalized spacial score (nSPS) is 12.8. The molecule has 15 heteroatoms. The van der Waals surface area contributed by atoms with Gasteiger partial charge in [-0.05, 0) is 54.2 Å². The van der Waals surface area contributed by atoms with Crippen LogP contribution in [0.15, 0.2) is 91.1 Å². The van der Waals surface area contributed by atoms with Crippen molar-refractivity contribution in [3.63, 3.8) is 0 Å². The molecule has 3 aromatic carbocycles. The summed E-state index contributed by atoms with van der Waals surface area (Å²) in [5, 5.41) is 17.3. The van der Waals surface area contributed by atoms with Gasteiger partial charge in [0.25, 0.3) is 0 Å². The molecule has 1 heterocycles. The van der Waals surface area contributed by atoms with E-state index in [9.17, 15) is 33.5 Å². The second kappa shape index (κ2) is 21.2. The Kier molecular flexibility index (Phi) is 16.4. The fourth-order valence-corrected chi connectivity index (χ4v) is 7.32. The van der Waals surface area contributed by atoms with Gasteiger partial charge in [0.2, 0.25) is 17.7 Å². The number of hydrogen-bond donors (Lipinski definition) is 4. The van der Waals surface area contributed by atoms with Gasteiger partial charge >= 0.3 is 12.1 Å². The van der Waals surface area contributed by atoms with Crippen molar-refractivity contribution in [2.45, 2.75) is 72.3 Å². The van der Waals surface area contributed by atoms with E-state index in [0.29, 0.717) is 17.8 Å². The Morgan fingerprint density at radius 3 is 2.19 bits per heavy atom. The largest absolute Gasteiger partial charge is 0.480 e. The Morgan fingerprint density at radius 1 is 0.914 bits per heavy atom. The molecule has 0 saturated carbocycles. The molecule has 0 spiro atoms. The van der Waals surface area contributed by atoms with E-state index in [-0.39, 0.29) is 49.1 Å². The second-order valence-corrected chi connectivity index (χ2v) is 16.0. The van der Waals surface area contributed by atoms with E-state index in [0.717, 1.165) is 41.1 Å². The van der Waals surface area contributed by atoms with Crippen molar-refractivity contribution < 1.29 is 42.6 Å². The molecule has 3 atom stereocenters. The van der Waals surface area contributed by atoms with E-state index in [1.54, 1.807) is 17.2 Å². The minimum atomic E-state index is -1.24. The highest BCUT2D eigenvalue weighted by molar-refractivity contribution is 8.00. The first kappa shape index (κ1) is 45.0. The van der Waals surface area contributed by atoms with Crippen LogP contribution in [-0.4, -0.2) is 81.0 Å². The first-order valence-electron chi connectivity index (χ1n) is 18.8. The number of thioether (sulfide) groups is 1. The van der Waals surface area contributed by atoms with Crippen LogP contribution in [0.5, 0.6) is 0 Å². The van der Waals surface area contributed by atoms with Crippen LogP contribution in [-0.2, 0) is 37.1 Å².